The lowest BCUT2D eigenvalue weighted by Gasteiger charge is -2.13. The van der Waals surface area contributed by atoms with Gasteiger partial charge in [0.2, 0.25) is 5.95 Å². The fourth-order valence-corrected chi connectivity index (χ4v) is 2.03. The lowest BCUT2D eigenvalue weighted by atomic mass is 10.3. The van der Waals surface area contributed by atoms with Crippen molar-refractivity contribution in [3.8, 4) is 11.4 Å². The van der Waals surface area contributed by atoms with Crippen molar-refractivity contribution in [1.82, 2.24) is 9.55 Å². The first kappa shape index (κ1) is 14.4. The van der Waals surface area contributed by atoms with Crippen molar-refractivity contribution in [3.63, 3.8) is 0 Å². The van der Waals surface area contributed by atoms with Gasteiger partial charge >= 0.3 is 0 Å². The molecule has 0 spiro atoms. The van der Waals surface area contributed by atoms with Crippen molar-refractivity contribution in [2.45, 2.75) is 26.7 Å². The van der Waals surface area contributed by atoms with Gasteiger partial charge < -0.3 is 10.1 Å². The molecule has 0 saturated heterocycles. The molecule has 108 valence electrons. The molecule has 4 nitrogen and oxygen atoms in total. The van der Waals surface area contributed by atoms with Gasteiger partial charge in [-0.2, -0.15) is 0 Å². The van der Waals surface area contributed by atoms with Crippen molar-refractivity contribution in [2.75, 3.05) is 19.0 Å². The Morgan fingerprint density at radius 1 is 1.40 bits per heavy atom. The summed E-state index contributed by atoms with van der Waals surface area (Å²) in [6.07, 6.45) is 4.10. The predicted molar refractivity (Wildman–Crippen MR) is 78.2 cm³/mol. The Balaban J connectivity index is 2.36. The molecule has 2 aromatic rings. The van der Waals surface area contributed by atoms with E-state index in [1.807, 2.05) is 17.7 Å². The second-order valence-electron chi connectivity index (χ2n) is 4.67. The summed E-state index contributed by atoms with van der Waals surface area (Å²) >= 11 is 0. The smallest absolute Gasteiger partial charge is 0.207 e. The van der Waals surface area contributed by atoms with Gasteiger partial charge in [0.05, 0.1) is 18.5 Å². The van der Waals surface area contributed by atoms with Crippen LogP contribution in [0.1, 0.15) is 25.5 Å². The number of benzene rings is 1. The molecule has 20 heavy (non-hydrogen) atoms. The highest BCUT2D eigenvalue weighted by Crippen LogP contribution is 2.27. The molecule has 0 bridgehead atoms. The SMILES string of the molecule is CCCCNc1nc(C)cn1-c1ccc(F)cc1OC. The molecule has 0 aliphatic rings. The Morgan fingerprint density at radius 2 is 2.20 bits per heavy atom. The number of aromatic nitrogens is 2. The summed E-state index contributed by atoms with van der Waals surface area (Å²) in [5.74, 6) is 0.921. The van der Waals surface area contributed by atoms with Crippen molar-refractivity contribution in [1.29, 1.82) is 0 Å². The van der Waals surface area contributed by atoms with Gasteiger partial charge in [-0.25, -0.2) is 9.37 Å². The zero-order valence-corrected chi connectivity index (χ0v) is 12.1. The Bertz CT molecular complexity index is 580. The fraction of sp³-hybridized carbons (Fsp3) is 0.400. The molecule has 0 aliphatic carbocycles. The number of hydrogen-bond acceptors (Lipinski definition) is 3. The number of nitrogens with zero attached hydrogens (tertiary/aromatic N) is 2. The zero-order chi connectivity index (χ0) is 14.5. The highest BCUT2D eigenvalue weighted by Gasteiger charge is 2.12. The van der Waals surface area contributed by atoms with E-state index >= 15 is 0 Å². The normalized spacial score (nSPS) is 10.6. The van der Waals surface area contributed by atoms with Crippen LogP contribution in [-0.2, 0) is 0 Å². The molecule has 0 amide bonds. The van der Waals surface area contributed by atoms with Gasteiger partial charge in [-0.15, -0.1) is 0 Å². The summed E-state index contributed by atoms with van der Waals surface area (Å²) in [5, 5.41) is 3.30. The van der Waals surface area contributed by atoms with Crippen LogP contribution in [0.5, 0.6) is 5.75 Å². The minimum atomic E-state index is -0.317. The molecule has 0 atom stereocenters. The summed E-state index contributed by atoms with van der Waals surface area (Å²) in [7, 11) is 1.53. The van der Waals surface area contributed by atoms with E-state index in [9.17, 15) is 4.39 Å². The van der Waals surface area contributed by atoms with E-state index in [4.69, 9.17) is 4.74 Å². The number of nitrogens with one attached hydrogen (secondary N) is 1. The Hall–Kier alpha value is -2.04. The van der Waals surface area contributed by atoms with Crippen molar-refractivity contribution in [3.05, 3.63) is 35.9 Å². The van der Waals surface area contributed by atoms with Gasteiger partial charge in [-0.3, -0.25) is 4.57 Å². The van der Waals surface area contributed by atoms with E-state index < -0.39 is 0 Å². The molecular formula is C15H20FN3O. The average Bonchev–Trinajstić information content (AvgIpc) is 2.80. The van der Waals surface area contributed by atoms with Crippen LogP contribution in [0.25, 0.3) is 5.69 Å². The van der Waals surface area contributed by atoms with Gasteiger partial charge in [0.25, 0.3) is 0 Å². The second-order valence-corrected chi connectivity index (χ2v) is 4.67. The first-order valence-electron chi connectivity index (χ1n) is 6.79. The standard InChI is InChI=1S/C15H20FN3O/c1-4-5-8-17-15-18-11(2)10-19(15)13-7-6-12(16)9-14(13)20-3/h6-7,9-10H,4-5,8H2,1-3H3,(H,17,18). The molecular weight excluding hydrogens is 257 g/mol. The largest absolute Gasteiger partial charge is 0.494 e. The third kappa shape index (κ3) is 3.10. The minimum absolute atomic E-state index is 0.317. The molecule has 0 aliphatic heterocycles. The molecule has 1 heterocycles. The number of hydrogen-bond donors (Lipinski definition) is 1. The third-order valence-corrected chi connectivity index (χ3v) is 3.04. The fourth-order valence-electron chi connectivity index (χ4n) is 2.03. The first-order valence-corrected chi connectivity index (χ1v) is 6.79. The quantitative estimate of drug-likeness (QED) is 0.821. The molecule has 1 N–H and O–H groups in total. The highest BCUT2D eigenvalue weighted by atomic mass is 19.1. The van der Waals surface area contributed by atoms with E-state index in [1.54, 1.807) is 6.07 Å². The molecule has 1 aromatic heterocycles. The van der Waals surface area contributed by atoms with Crippen LogP contribution >= 0.6 is 0 Å². The summed E-state index contributed by atoms with van der Waals surface area (Å²) in [5.41, 5.74) is 1.67. The number of anilines is 1. The molecule has 0 saturated carbocycles. The first-order chi connectivity index (χ1) is 9.65. The molecule has 0 unspecified atom stereocenters. The van der Waals surface area contributed by atoms with Gasteiger partial charge in [0, 0.05) is 18.8 Å². The number of unbranched alkanes of at least 4 members (excludes halogenated alkanes) is 1. The number of halogens is 1. The number of rotatable bonds is 6. The van der Waals surface area contributed by atoms with Crippen LogP contribution in [0.2, 0.25) is 0 Å². The summed E-state index contributed by atoms with van der Waals surface area (Å²) in [4.78, 5) is 4.46. The number of ether oxygens (including phenoxy) is 1. The van der Waals surface area contributed by atoms with Crippen LogP contribution in [0.4, 0.5) is 10.3 Å². The van der Waals surface area contributed by atoms with Crippen LogP contribution in [0, 0.1) is 12.7 Å². The van der Waals surface area contributed by atoms with Crippen molar-refractivity contribution in [2.24, 2.45) is 0 Å². The second kappa shape index (κ2) is 6.41. The Labute approximate surface area is 118 Å². The minimum Gasteiger partial charge on any atom is -0.494 e. The van der Waals surface area contributed by atoms with Crippen LogP contribution in [0.15, 0.2) is 24.4 Å². The van der Waals surface area contributed by atoms with Crippen molar-refractivity contribution >= 4 is 5.95 Å². The molecule has 2 rings (SSSR count). The molecule has 5 heteroatoms. The van der Waals surface area contributed by atoms with Gasteiger partial charge in [0.15, 0.2) is 0 Å². The van der Waals surface area contributed by atoms with E-state index in [1.165, 1.54) is 19.2 Å². The van der Waals surface area contributed by atoms with Crippen LogP contribution in [0.3, 0.4) is 0 Å². The maximum atomic E-state index is 13.3. The van der Waals surface area contributed by atoms with E-state index in [0.29, 0.717) is 5.75 Å². The zero-order valence-electron chi connectivity index (χ0n) is 12.1. The van der Waals surface area contributed by atoms with Crippen LogP contribution < -0.4 is 10.1 Å². The topological polar surface area (TPSA) is 39.1 Å². The monoisotopic (exact) mass is 277 g/mol. The molecule has 0 radical (unpaired) electrons. The summed E-state index contributed by atoms with van der Waals surface area (Å²) in [6, 6.07) is 4.49. The number of methoxy groups -OCH3 is 1. The summed E-state index contributed by atoms with van der Waals surface area (Å²) < 4.78 is 20.4. The van der Waals surface area contributed by atoms with Gasteiger partial charge in [-0.05, 0) is 25.5 Å². The predicted octanol–water partition coefficient (Wildman–Crippen LogP) is 3.54. The molecule has 1 aromatic carbocycles. The molecule has 0 fully saturated rings. The number of aryl methyl sites for hydroxylation is 1. The average molecular weight is 277 g/mol. The lowest BCUT2D eigenvalue weighted by Crippen LogP contribution is -2.08. The number of imidazole rings is 1. The van der Waals surface area contributed by atoms with E-state index in [2.05, 4.69) is 17.2 Å². The van der Waals surface area contributed by atoms with Crippen molar-refractivity contribution < 1.29 is 9.13 Å². The lowest BCUT2D eigenvalue weighted by molar-refractivity contribution is 0.409. The highest BCUT2D eigenvalue weighted by molar-refractivity contribution is 5.52. The van der Waals surface area contributed by atoms with E-state index in [-0.39, 0.29) is 5.82 Å². The third-order valence-electron chi connectivity index (χ3n) is 3.04. The Morgan fingerprint density at radius 3 is 2.90 bits per heavy atom. The Kier molecular flexibility index (Phi) is 4.61. The van der Waals surface area contributed by atoms with Crippen LogP contribution in [-0.4, -0.2) is 23.2 Å². The maximum Gasteiger partial charge on any atom is 0.207 e. The van der Waals surface area contributed by atoms with Gasteiger partial charge in [0.1, 0.15) is 11.6 Å². The maximum absolute atomic E-state index is 13.3. The van der Waals surface area contributed by atoms with Gasteiger partial charge in [-0.1, -0.05) is 13.3 Å². The van der Waals surface area contributed by atoms with E-state index in [0.717, 1.165) is 36.7 Å². The summed E-state index contributed by atoms with van der Waals surface area (Å²) in [6.45, 7) is 4.93.